The molecule has 0 aliphatic heterocycles. The van der Waals surface area contributed by atoms with Gasteiger partial charge in [0.15, 0.2) is 0 Å². The average molecular weight is 364 g/mol. The Morgan fingerprint density at radius 3 is 2.52 bits per heavy atom. The molecule has 0 radical (unpaired) electrons. The van der Waals surface area contributed by atoms with Crippen LogP contribution in [0.2, 0.25) is 0 Å². The molecular formula is C20H16N2O5. The van der Waals surface area contributed by atoms with Gasteiger partial charge in [0.05, 0.1) is 19.3 Å². The largest absolute Gasteiger partial charge is 0.496 e. The van der Waals surface area contributed by atoms with E-state index in [0.29, 0.717) is 29.3 Å². The van der Waals surface area contributed by atoms with Gasteiger partial charge in [-0.2, -0.15) is 0 Å². The summed E-state index contributed by atoms with van der Waals surface area (Å²) in [6.45, 7) is 2.42. The molecule has 0 bridgehead atoms. The highest BCUT2D eigenvalue weighted by atomic mass is 16.5. The predicted molar refractivity (Wildman–Crippen MR) is 98.9 cm³/mol. The van der Waals surface area contributed by atoms with Crippen LogP contribution in [0.25, 0.3) is 33.9 Å². The van der Waals surface area contributed by atoms with Gasteiger partial charge in [0.25, 0.3) is 11.8 Å². The Bertz CT molecular complexity index is 1160. The van der Waals surface area contributed by atoms with E-state index < -0.39 is 5.63 Å². The molecule has 2 heterocycles. The summed E-state index contributed by atoms with van der Waals surface area (Å²) in [6, 6.07) is 14.2. The smallest absolute Gasteiger partial charge is 0.349 e. The third-order valence-corrected chi connectivity index (χ3v) is 4.01. The second-order valence-corrected chi connectivity index (χ2v) is 5.69. The van der Waals surface area contributed by atoms with E-state index in [1.807, 2.05) is 31.2 Å². The van der Waals surface area contributed by atoms with E-state index in [-0.39, 0.29) is 17.3 Å². The van der Waals surface area contributed by atoms with E-state index in [9.17, 15) is 4.79 Å². The van der Waals surface area contributed by atoms with Crippen LogP contribution in [-0.4, -0.2) is 23.9 Å². The van der Waals surface area contributed by atoms with E-state index in [2.05, 4.69) is 10.2 Å². The Morgan fingerprint density at radius 1 is 0.963 bits per heavy atom. The van der Waals surface area contributed by atoms with Crippen molar-refractivity contribution in [1.29, 1.82) is 0 Å². The van der Waals surface area contributed by atoms with Gasteiger partial charge in [0.2, 0.25) is 0 Å². The molecule has 0 unspecified atom stereocenters. The van der Waals surface area contributed by atoms with Crippen molar-refractivity contribution in [2.24, 2.45) is 0 Å². The number of rotatable bonds is 5. The molecule has 0 saturated carbocycles. The molecule has 0 atom stereocenters. The highest BCUT2D eigenvalue weighted by Gasteiger charge is 2.18. The monoisotopic (exact) mass is 364 g/mol. The second-order valence-electron chi connectivity index (χ2n) is 5.69. The van der Waals surface area contributed by atoms with Crippen LogP contribution in [0.4, 0.5) is 0 Å². The first-order valence-corrected chi connectivity index (χ1v) is 8.37. The van der Waals surface area contributed by atoms with E-state index in [1.54, 1.807) is 31.4 Å². The Morgan fingerprint density at radius 2 is 1.74 bits per heavy atom. The van der Waals surface area contributed by atoms with E-state index >= 15 is 0 Å². The molecule has 7 heteroatoms. The molecule has 7 nitrogen and oxygen atoms in total. The highest BCUT2D eigenvalue weighted by molar-refractivity contribution is 5.81. The molecule has 0 N–H and O–H groups in total. The molecule has 0 aliphatic rings. The number of benzene rings is 2. The summed E-state index contributed by atoms with van der Waals surface area (Å²) in [5.74, 6) is 1.58. The number of hydrogen-bond acceptors (Lipinski definition) is 7. The summed E-state index contributed by atoms with van der Waals surface area (Å²) >= 11 is 0. The van der Waals surface area contributed by atoms with Crippen LogP contribution in [0.15, 0.2) is 62.2 Å². The fourth-order valence-electron chi connectivity index (χ4n) is 2.76. The minimum absolute atomic E-state index is 0.0837. The third-order valence-electron chi connectivity index (χ3n) is 4.01. The predicted octanol–water partition coefficient (Wildman–Crippen LogP) is 3.92. The van der Waals surface area contributed by atoms with Crippen molar-refractivity contribution in [2.75, 3.05) is 13.7 Å². The van der Waals surface area contributed by atoms with Gasteiger partial charge in [-0.05, 0) is 37.3 Å². The topological polar surface area (TPSA) is 87.6 Å². The maximum absolute atomic E-state index is 12.4. The summed E-state index contributed by atoms with van der Waals surface area (Å²) in [5, 5.41) is 8.76. The zero-order chi connectivity index (χ0) is 18.8. The average Bonchev–Trinajstić information content (AvgIpc) is 3.17. The van der Waals surface area contributed by atoms with Crippen LogP contribution >= 0.6 is 0 Å². The van der Waals surface area contributed by atoms with Crippen LogP contribution in [0.1, 0.15) is 6.92 Å². The molecule has 2 aromatic carbocycles. The number of hydrogen-bond donors (Lipinski definition) is 0. The molecule has 0 saturated heterocycles. The summed E-state index contributed by atoms with van der Waals surface area (Å²) in [4.78, 5) is 12.4. The molecule has 0 amide bonds. The molecule has 0 spiro atoms. The lowest BCUT2D eigenvalue weighted by atomic mass is 10.2. The fraction of sp³-hybridized carbons (Fsp3) is 0.150. The van der Waals surface area contributed by atoms with E-state index in [1.165, 1.54) is 0 Å². The van der Waals surface area contributed by atoms with Gasteiger partial charge in [-0.1, -0.05) is 12.1 Å². The van der Waals surface area contributed by atoms with E-state index in [0.717, 1.165) is 5.39 Å². The van der Waals surface area contributed by atoms with Gasteiger partial charge in [-0.25, -0.2) is 4.79 Å². The summed E-state index contributed by atoms with van der Waals surface area (Å²) in [7, 11) is 1.56. The van der Waals surface area contributed by atoms with Crippen molar-refractivity contribution in [2.45, 2.75) is 6.92 Å². The standard InChI is InChI=1S/C20H16N2O5/c1-3-25-13-9-8-12-10-15(20(23)26-17(12)11-13)19-22-21-18(27-19)14-6-4-5-7-16(14)24-2/h4-11H,3H2,1-2H3. The first kappa shape index (κ1) is 16.8. The number of nitrogens with zero attached hydrogens (tertiary/aromatic N) is 2. The first-order valence-electron chi connectivity index (χ1n) is 8.37. The molecule has 0 fully saturated rings. The van der Waals surface area contributed by atoms with Gasteiger partial charge < -0.3 is 18.3 Å². The lowest BCUT2D eigenvalue weighted by Crippen LogP contribution is -2.03. The Kier molecular flexibility index (Phi) is 4.33. The van der Waals surface area contributed by atoms with Crippen molar-refractivity contribution in [3.8, 4) is 34.4 Å². The SMILES string of the molecule is CCOc1ccc2cc(-c3nnc(-c4ccccc4OC)o3)c(=O)oc2c1. The van der Waals surface area contributed by atoms with Gasteiger partial charge in [0.1, 0.15) is 22.6 Å². The molecule has 4 rings (SSSR count). The molecular weight excluding hydrogens is 348 g/mol. The van der Waals surface area contributed by atoms with Crippen LogP contribution in [0, 0.1) is 0 Å². The van der Waals surface area contributed by atoms with Gasteiger partial charge in [-0.3, -0.25) is 0 Å². The molecule has 0 aliphatic carbocycles. The molecule has 27 heavy (non-hydrogen) atoms. The zero-order valence-corrected chi connectivity index (χ0v) is 14.8. The molecule has 4 aromatic rings. The Hall–Kier alpha value is -3.61. The fourth-order valence-corrected chi connectivity index (χ4v) is 2.76. The minimum Gasteiger partial charge on any atom is -0.496 e. The highest BCUT2D eigenvalue weighted by Crippen LogP contribution is 2.31. The van der Waals surface area contributed by atoms with E-state index in [4.69, 9.17) is 18.3 Å². The molecule has 2 aromatic heterocycles. The number of fused-ring (bicyclic) bond motifs is 1. The third kappa shape index (κ3) is 3.15. The minimum atomic E-state index is -0.564. The van der Waals surface area contributed by atoms with Crippen molar-refractivity contribution in [3.05, 3.63) is 59.0 Å². The summed E-state index contributed by atoms with van der Waals surface area (Å²) in [6.07, 6.45) is 0. The number of ether oxygens (including phenoxy) is 2. The second kappa shape index (κ2) is 6.95. The van der Waals surface area contributed by atoms with Crippen molar-refractivity contribution >= 4 is 11.0 Å². The lowest BCUT2D eigenvalue weighted by molar-refractivity contribution is 0.340. The quantitative estimate of drug-likeness (QED) is 0.496. The van der Waals surface area contributed by atoms with Crippen LogP contribution in [0.5, 0.6) is 11.5 Å². The normalized spacial score (nSPS) is 10.9. The molecule has 136 valence electrons. The number of methoxy groups -OCH3 is 1. The van der Waals surface area contributed by atoms with Gasteiger partial charge >= 0.3 is 5.63 Å². The Balaban J connectivity index is 1.77. The zero-order valence-electron chi connectivity index (χ0n) is 14.8. The Labute approximate surface area is 154 Å². The number of para-hydroxylation sites is 1. The van der Waals surface area contributed by atoms with Crippen LogP contribution in [0.3, 0.4) is 0 Å². The van der Waals surface area contributed by atoms with Crippen molar-refractivity contribution < 1.29 is 18.3 Å². The van der Waals surface area contributed by atoms with Crippen molar-refractivity contribution in [3.63, 3.8) is 0 Å². The lowest BCUT2D eigenvalue weighted by Gasteiger charge is -2.04. The summed E-state index contributed by atoms with van der Waals surface area (Å²) in [5.41, 5.74) is 0.705. The maximum Gasteiger partial charge on any atom is 0.349 e. The maximum atomic E-state index is 12.4. The summed E-state index contributed by atoms with van der Waals surface area (Å²) < 4.78 is 21.8. The number of aromatic nitrogens is 2. The van der Waals surface area contributed by atoms with Crippen LogP contribution in [-0.2, 0) is 0 Å². The van der Waals surface area contributed by atoms with Crippen molar-refractivity contribution in [1.82, 2.24) is 10.2 Å². The van der Waals surface area contributed by atoms with Gasteiger partial charge in [0, 0.05) is 11.5 Å². The first-order chi connectivity index (χ1) is 13.2. The van der Waals surface area contributed by atoms with Gasteiger partial charge in [-0.15, -0.1) is 10.2 Å². The van der Waals surface area contributed by atoms with Crippen LogP contribution < -0.4 is 15.1 Å².